The molecule has 0 saturated carbocycles. The fraction of sp³-hybridized carbons (Fsp3) is 0.0667. The molecule has 1 amide bonds. The van der Waals surface area contributed by atoms with Crippen molar-refractivity contribution < 1.29 is 9.90 Å². The fourth-order valence-corrected chi connectivity index (χ4v) is 1.74. The Kier molecular flexibility index (Phi) is 4.38. The third kappa shape index (κ3) is 3.59. The first kappa shape index (κ1) is 14.1. The predicted molar refractivity (Wildman–Crippen MR) is 79.4 cm³/mol. The number of hydrazone groups is 1. The number of carbonyl (C=O) groups is 1. The number of phenolic OH excluding ortho intramolecular Hbond substituents is 1. The van der Waals surface area contributed by atoms with E-state index in [-0.39, 0.29) is 11.3 Å². The number of carbonyl (C=O) groups excluding carboxylic acids is 1. The summed E-state index contributed by atoms with van der Waals surface area (Å²) in [6.45, 7) is 1.99. The zero-order chi connectivity index (χ0) is 14.5. The number of nitrogens with zero attached hydrogens (tertiary/aromatic N) is 1. The molecule has 0 saturated heterocycles. The van der Waals surface area contributed by atoms with Crippen molar-refractivity contribution >= 4 is 23.7 Å². The van der Waals surface area contributed by atoms with Gasteiger partial charge in [0, 0.05) is 5.02 Å². The number of nitrogens with one attached hydrogen (secondary N) is 1. The summed E-state index contributed by atoms with van der Waals surface area (Å²) in [7, 11) is 0. The molecule has 0 aliphatic rings. The summed E-state index contributed by atoms with van der Waals surface area (Å²) < 4.78 is 0. The van der Waals surface area contributed by atoms with Gasteiger partial charge in [0.15, 0.2) is 0 Å². The average Bonchev–Trinajstić information content (AvgIpc) is 2.43. The van der Waals surface area contributed by atoms with Crippen LogP contribution >= 0.6 is 11.6 Å². The lowest BCUT2D eigenvalue weighted by Crippen LogP contribution is -2.17. The highest BCUT2D eigenvalue weighted by Crippen LogP contribution is 2.21. The number of benzene rings is 2. The van der Waals surface area contributed by atoms with Gasteiger partial charge in [-0.15, -0.1) is 0 Å². The zero-order valence-electron chi connectivity index (χ0n) is 10.8. The van der Waals surface area contributed by atoms with Crippen LogP contribution in [0, 0.1) is 6.92 Å². The standard InChI is InChI=1S/C15H13ClN2O2/c1-10-2-4-11(5-3-10)9-17-18-15(20)13-8-12(16)6-7-14(13)19/h2-9,19H,1H3,(H,18,20). The summed E-state index contributed by atoms with van der Waals surface area (Å²) in [6.07, 6.45) is 1.53. The first-order valence-electron chi connectivity index (χ1n) is 5.95. The van der Waals surface area contributed by atoms with E-state index in [4.69, 9.17) is 11.6 Å². The summed E-state index contributed by atoms with van der Waals surface area (Å²) in [5.74, 6) is -0.661. The number of hydrogen-bond donors (Lipinski definition) is 2. The minimum absolute atomic E-state index is 0.0820. The molecule has 2 N–H and O–H groups in total. The molecule has 2 rings (SSSR count). The maximum Gasteiger partial charge on any atom is 0.275 e. The summed E-state index contributed by atoms with van der Waals surface area (Å²) in [5.41, 5.74) is 4.44. The highest BCUT2D eigenvalue weighted by Gasteiger charge is 2.10. The minimum atomic E-state index is -0.520. The molecule has 0 fully saturated rings. The smallest absolute Gasteiger partial charge is 0.275 e. The first-order valence-corrected chi connectivity index (χ1v) is 6.32. The summed E-state index contributed by atoms with van der Waals surface area (Å²) in [4.78, 5) is 11.8. The van der Waals surface area contributed by atoms with E-state index in [1.54, 1.807) is 0 Å². The van der Waals surface area contributed by atoms with Crippen LogP contribution in [-0.4, -0.2) is 17.2 Å². The summed E-state index contributed by atoms with van der Waals surface area (Å²) in [5, 5.41) is 13.8. The van der Waals surface area contributed by atoms with Crippen molar-refractivity contribution in [3.05, 3.63) is 64.2 Å². The molecule has 0 aliphatic carbocycles. The topological polar surface area (TPSA) is 61.7 Å². The van der Waals surface area contributed by atoms with E-state index in [1.165, 1.54) is 24.4 Å². The molecule has 2 aromatic carbocycles. The Bertz CT molecular complexity index is 651. The van der Waals surface area contributed by atoms with Crippen LogP contribution < -0.4 is 5.43 Å². The number of rotatable bonds is 3. The van der Waals surface area contributed by atoms with E-state index >= 15 is 0 Å². The van der Waals surface area contributed by atoms with Gasteiger partial charge in [0.25, 0.3) is 5.91 Å². The monoisotopic (exact) mass is 288 g/mol. The number of aryl methyl sites for hydroxylation is 1. The van der Waals surface area contributed by atoms with Crippen molar-refractivity contribution in [2.45, 2.75) is 6.92 Å². The SMILES string of the molecule is Cc1ccc(C=NNC(=O)c2cc(Cl)ccc2O)cc1. The van der Waals surface area contributed by atoms with Crippen molar-refractivity contribution in [3.63, 3.8) is 0 Å². The molecule has 0 radical (unpaired) electrons. The maximum atomic E-state index is 11.8. The molecule has 0 spiro atoms. The lowest BCUT2D eigenvalue weighted by atomic mass is 10.2. The predicted octanol–water partition coefficient (Wildman–Crippen LogP) is 3.12. The summed E-state index contributed by atoms with van der Waals surface area (Å²) >= 11 is 5.78. The number of aromatic hydroxyl groups is 1. The molecule has 0 atom stereocenters. The molecule has 0 unspecified atom stereocenters. The van der Waals surface area contributed by atoms with E-state index in [9.17, 15) is 9.90 Å². The van der Waals surface area contributed by atoms with Crippen molar-refractivity contribution in [3.8, 4) is 5.75 Å². The third-order valence-corrected chi connectivity index (χ3v) is 2.90. The van der Waals surface area contributed by atoms with Gasteiger partial charge in [0.05, 0.1) is 11.8 Å². The molecular weight excluding hydrogens is 276 g/mol. The van der Waals surface area contributed by atoms with E-state index in [0.29, 0.717) is 5.02 Å². The van der Waals surface area contributed by atoms with Gasteiger partial charge in [-0.3, -0.25) is 4.79 Å². The second-order valence-corrected chi connectivity index (χ2v) is 4.71. The Morgan fingerprint density at radius 2 is 1.95 bits per heavy atom. The average molecular weight is 289 g/mol. The molecule has 5 heteroatoms. The van der Waals surface area contributed by atoms with Gasteiger partial charge in [-0.2, -0.15) is 5.10 Å². The van der Waals surface area contributed by atoms with Crippen LogP contribution in [0.15, 0.2) is 47.6 Å². The Morgan fingerprint density at radius 1 is 1.25 bits per heavy atom. The van der Waals surface area contributed by atoms with Gasteiger partial charge in [0.2, 0.25) is 0 Å². The van der Waals surface area contributed by atoms with Crippen LogP contribution in [0.3, 0.4) is 0 Å². The molecular formula is C15H13ClN2O2. The largest absolute Gasteiger partial charge is 0.507 e. The summed E-state index contributed by atoms with van der Waals surface area (Å²) in [6, 6.07) is 11.9. The van der Waals surface area contributed by atoms with Crippen molar-refractivity contribution in [2.75, 3.05) is 0 Å². The number of hydrogen-bond acceptors (Lipinski definition) is 3. The molecule has 0 aliphatic heterocycles. The first-order chi connectivity index (χ1) is 9.56. The number of amides is 1. The second-order valence-electron chi connectivity index (χ2n) is 4.27. The van der Waals surface area contributed by atoms with Gasteiger partial charge in [-0.1, -0.05) is 41.4 Å². The number of halogens is 1. The molecule has 0 bridgehead atoms. The van der Waals surface area contributed by atoms with Gasteiger partial charge in [-0.25, -0.2) is 5.43 Å². The van der Waals surface area contributed by atoms with E-state index in [2.05, 4.69) is 10.5 Å². The number of phenols is 1. The zero-order valence-corrected chi connectivity index (χ0v) is 11.6. The third-order valence-electron chi connectivity index (χ3n) is 2.66. The van der Waals surface area contributed by atoms with E-state index in [1.807, 2.05) is 31.2 Å². The second kappa shape index (κ2) is 6.21. The van der Waals surface area contributed by atoms with Crippen LogP contribution in [0.4, 0.5) is 0 Å². The normalized spacial score (nSPS) is 10.7. The Balaban J connectivity index is 2.05. The minimum Gasteiger partial charge on any atom is -0.507 e. The molecule has 4 nitrogen and oxygen atoms in total. The Labute approximate surface area is 121 Å². The molecule has 0 aromatic heterocycles. The van der Waals surface area contributed by atoms with Crippen LogP contribution in [0.25, 0.3) is 0 Å². The van der Waals surface area contributed by atoms with Gasteiger partial charge < -0.3 is 5.11 Å². The van der Waals surface area contributed by atoms with Crippen LogP contribution in [0.5, 0.6) is 5.75 Å². The van der Waals surface area contributed by atoms with Crippen LogP contribution in [-0.2, 0) is 0 Å². The Hall–Kier alpha value is -2.33. The van der Waals surface area contributed by atoms with E-state index < -0.39 is 5.91 Å². The molecule has 2 aromatic rings. The maximum absolute atomic E-state index is 11.8. The lowest BCUT2D eigenvalue weighted by molar-refractivity contribution is 0.0952. The Morgan fingerprint density at radius 3 is 2.65 bits per heavy atom. The van der Waals surface area contributed by atoms with E-state index in [0.717, 1.165) is 11.1 Å². The quantitative estimate of drug-likeness (QED) is 0.673. The van der Waals surface area contributed by atoms with Gasteiger partial charge in [-0.05, 0) is 30.7 Å². The highest BCUT2D eigenvalue weighted by molar-refractivity contribution is 6.31. The van der Waals surface area contributed by atoms with Gasteiger partial charge in [0.1, 0.15) is 5.75 Å². The highest BCUT2D eigenvalue weighted by atomic mass is 35.5. The lowest BCUT2D eigenvalue weighted by Gasteiger charge is -2.03. The molecule has 0 heterocycles. The van der Waals surface area contributed by atoms with Crippen molar-refractivity contribution in [1.29, 1.82) is 0 Å². The van der Waals surface area contributed by atoms with Gasteiger partial charge >= 0.3 is 0 Å². The van der Waals surface area contributed by atoms with Crippen molar-refractivity contribution in [1.82, 2.24) is 5.43 Å². The fourth-order valence-electron chi connectivity index (χ4n) is 1.57. The molecule has 20 heavy (non-hydrogen) atoms. The van der Waals surface area contributed by atoms with Crippen molar-refractivity contribution in [2.24, 2.45) is 5.10 Å². The molecule has 102 valence electrons. The van der Waals surface area contributed by atoms with Crippen LogP contribution in [0.1, 0.15) is 21.5 Å². The van der Waals surface area contributed by atoms with Crippen LogP contribution in [0.2, 0.25) is 5.02 Å².